The van der Waals surface area contributed by atoms with Gasteiger partial charge in [0, 0.05) is 17.2 Å². The number of ether oxygens (including phenoxy) is 1. The van der Waals surface area contributed by atoms with Crippen molar-refractivity contribution in [2.24, 2.45) is 0 Å². The number of amides is 1. The first-order chi connectivity index (χ1) is 17.3. The van der Waals surface area contributed by atoms with Gasteiger partial charge in [-0.1, -0.05) is 24.3 Å². The molecule has 2 atom stereocenters. The number of thiazole rings is 1. The van der Waals surface area contributed by atoms with E-state index in [9.17, 15) is 14.4 Å². The van der Waals surface area contributed by atoms with Crippen LogP contribution in [0.1, 0.15) is 33.4 Å². The lowest BCUT2D eigenvalue weighted by Gasteiger charge is -2.34. The summed E-state index contributed by atoms with van der Waals surface area (Å²) in [6.45, 7) is 3.43. The predicted octanol–water partition coefficient (Wildman–Crippen LogP) is 4.27. The number of benzene rings is 2. The molecule has 3 heterocycles. The van der Waals surface area contributed by atoms with Crippen molar-refractivity contribution in [3.05, 3.63) is 88.5 Å². The number of aromatic nitrogens is 4. The van der Waals surface area contributed by atoms with Crippen molar-refractivity contribution in [1.82, 2.24) is 24.6 Å². The first kappa shape index (κ1) is 23.7. The Labute approximate surface area is 209 Å². The molecule has 2 unspecified atom stereocenters. The molecule has 11 heteroatoms. The van der Waals surface area contributed by atoms with E-state index in [4.69, 9.17) is 4.74 Å². The van der Waals surface area contributed by atoms with Gasteiger partial charge in [0.05, 0.1) is 29.9 Å². The number of rotatable bonds is 5. The summed E-state index contributed by atoms with van der Waals surface area (Å²) in [6.07, 6.45) is 2.81. The van der Waals surface area contributed by atoms with E-state index >= 15 is 4.39 Å². The summed E-state index contributed by atoms with van der Waals surface area (Å²) in [6, 6.07) is 11.8. The van der Waals surface area contributed by atoms with Crippen molar-refractivity contribution in [3.63, 3.8) is 0 Å². The van der Waals surface area contributed by atoms with Gasteiger partial charge in [-0.2, -0.15) is 10.4 Å². The average molecular weight is 507 g/mol. The van der Waals surface area contributed by atoms with Crippen LogP contribution in [0.5, 0.6) is 0 Å². The summed E-state index contributed by atoms with van der Waals surface area (Å²) < 4.78 is 36.4. The smallest absolute Gasteiger partial charge is 0.268 e. The Morgan fingerprint density at radius 1 is 1.31 bits per heavy atom. The van der Waals surface area contributed by atoms with Crippen LogP contribution in [0.25, 0.3) is 10.6 Å². The molecule has 0 aliphatic carbocycles. The van der Waals surface area contributed by atoms with Gasteiger partial charge in [-0.25, -0.2) is 23.4 Å². The van der Waals surface area contributed by atoms with Gasteiger partial charge >= 0.3 is 0 Å². The first-order valence-corrected chi connectivity index (χ1v) is 11.9. The molecule has 1 amide bonds. The average Bonchev–Trinajstić information content (AvgIpc) is 3.59. The van der Waals surface area contributed by atoms with E-state index in [1.165, 1.54) is 39.6 Å². The zero-order valence-electron chi connectivity index (χ0n) is 19.4. The van der Waals surface area contributed by atoms with E-state index in [1.807, 2.05) is 0 Å². The lowest BCUT2D eigenvalue weighted by molar-refractivity contribution is -0.0274. The van der Waals surface area contributed by atoms with Crippen molar-refractivity contribution in [2.45, 2.75) is 32.0 Å². The van der Waals surface area contributed by atoms with Crippen molar-refractivity contribution >= 4 is 17.2 Å². The Morgan fingerprint density at radius 2 is 2.11 bits per heavy atom. The van der Waals surface area contributed by atoms with E-state index in [-0.39, 0.29) is 24.7 Å². The second-order valence-electron chi connectivity index (χ2n) is 8.42. The van der Waals surface area contributed by atoms with Gasteiger partial charge in [0.15, 0.2) is 0 Å². The number of carbonyl (C=O) groups excluding carboxylic acids is 1. The Balaban J connectivity index is 1.52. The van der Waals surface area contributed by atoms with Crippen LogP contribution in [0.3, 0.4) is 0 Å². The van der Waals surface area contributed by atoms with Crippen LogP contribution in [0.4, 0.5) is 8.78 Å². The molecule has 0 saturated carbocycles. The molecule has 1 fully saturated rings. The molecule has 36 heavy (non-hydrogen) atoms. The molecule has 1 saturated heterocycles. The normalized spacial score (nSPS) is 19.4. The highest BCUT2D eigenvalue weighted by Crippen LogP contribution is 2.42. The molecule has 182 valence electrons. The molecule has 0 N–H and O–H groups in total. The highest BCUT2D eigenvalue weighted by atomic mass is 32.1. The molecule has 0 spiro atoms. The van der Waals surface area contributed by atoms with Gasteiger partial charge in [0.1, 0.15) is 46.5 Å². The highest BCUT2D eigenvalue weighted by Gasteiger charge is 2.51. The number of hydrogen-bond acceptors (Lipinski definition) is 7. The molecule has 5 rings (SSSR count). The number of carbonyl (C=O) groups is 1. The second-order valence-corrected chi connectivity index (χ2v) is 9.42. The number of nitriles is 1. The molecule has 1 aliphatic rings. The van der Waals surface area contributed by atoms with Gasteiger partial charge < -0.3 is 9.64 Å². The molecule has 0 bridgehead atoms. The third-order valence-electron chi connectivity index (χ3n) is 6.38. The highest BCUT2D eigenvalue weighted by molar-refractivity contribution is 7.17. The minimum absolute atomic E-state index is 0.0585. The first-order valence-electron chi connectivity index (χ1n) is 11.0. The van der Waals surface area contributed by atoms with E-state index in [2.05, 4.69) is 21.1 Å². The minimum atomic E-state index is -1.34. The van der Waals surface area contributed by atoms with E-state index < -0.39 is 23.3 Å². The standard InChI is InChI=1S/C25H20F2N6O2S/c1-15-22(36-23(31-15)19-6-4-3-5-17(19)10-28)24(34)33-14-35-25(16(33)2,11-32-13-29-12-30-32)20-8-7-18(26)9-21(20)27/h3-9,12-13,16H,11,14H2,1-2H3. The van der Waals surface area contributed by atoms with E-state index in [0.717, 1.165) is 12.1 Å². The summed E-state index contributed by atoms with van der Waals surface area (Å²) in [7, 11) is 0. The summed E-state index contributed by atoms with van der Waals surface area (Å²) >= 11 is 1.19. The van der Waals surface area contributed by atoms with Gasteiger partial charge in [-0.15, -0.1) is 11.3 Å². The zero-order chi connectivity index (χ0) is 25.4. The van der Waals surface area contributed by atoms with Gasteiger partial charge in [0.25, 0.3) is 5.91 Å². The summed E-state index contributed by atoms with van der Waals surface area (Å²) in [5.41, 5.74) is 0.401. The SMILES string of the molecule is Cc1nc(-c2ccccc2C#N)sc1C(=O)N1COC(Cn2cncn2)(c2ccc(F)cc2F)C1C. The monoisotopic (exact) mass is 506 g/mol. The number of nitrogens with zero attached hydrogens (tertiary/aromatic N) is 6. The van der Waals surface area contributed by atoms with Crippen molar-refractivity contribution in [1.29, 1.82) is 5.26 Å². The summed E-state index contributed by atoms with van der Waals surface area (Å²) in [5.74, 6) is -1.82. The third kappa shape index (κ3) is 3.94. The molecule has 2 aromatic carbocycles. The van der Waals surface area contributed by atoms with Gasteiger partial charge in [-0.3, -0.25) is 4.79 Å². The van der Waals surface area contributed by atoms with Crippen molar-refractivity contribution in [2.75, 3.05) is 6.73 Å². The van der Waals surface area contributed by atoms with Crippen LogP contribution in [0.2, 0.25) is 0 Å². The Kier molecular flexibility index (Phi) is 6.07. The number of halogens is 2. The van der Waals surface area contributed by atoms with E-state index in [1.54, 1.807) is 38.1 Å². The minimum Gasteiger partial charge on any atom is -0.346 e. The maximum absolute atomic E-state index is 15.0. The zero-order valence-corrected chi connectivity index (χ0v) is 20.2. The predicted molar refractivity (Wildman–Crippen MR) is 127 cm³/mol. The fourth-order valence-corrected chi connectivity index (χ4v) is 5.53. The Bertz CT molecular complexity index is 1480. The van der Waals surface area contributed by atoms with Crippen LogP contribution in [-0.2, 0) is 16.9 Å². The lowest BCUT2D eigenvalue weighted by atomic mass is 9.86. The maximum Gasteiger partial charge on any atom is 0.268 e. The second kappa shape index (κ2) is 9.22. The molecule has 0 radical (unpaired) electrons. The topological polar surface area (TPSA) is 96.9 Å². The van der Waals surface area contributed by atoms with Gasteiger partial charge in [0.2, 0.25) is 0 Å². The number of aryl methyl sites for hydroxylation is 1. The molecule has 8 nitrogen and oxygen atoms in total. The number of hydrogen-bond donors (Lipinski definition) is 0. The molecule has 2 aromatic heterocycles. The largest absolute Gasteiger partial charge is 0.346 e. The lowest BCUT2D eigenvalue weighted by Crippen LogP contribution is -2.46. The van der Waals surface area contributed by atoms with Crippen LogP contribution in [-0.4, -0.2) is 43.3 Å². The van der Waals surface area contributed by atoms with Crippen LogP contribution < -0.4 is 0 Å². The fourth-order valence-electron chi connectivity index (χ4n) is 4.46. The van der Waals surface area contributed by atoms with Gasteiger partial charge in [-0.05, 0) is 26.0 Å². The third-order valence-corrected chi connectivity index (χ3v) is 7.56. The fraction of sp³-hybridized carbons (Fsp3) is 0.240. The summed E-state index contributed by atoms with van der Waals surface area (Å²) in [5, 5.41) is 14.1. The van der Waals surface area contributed by atoms with Crippen LogP contribution in [0, 0.1) is 29.9 Å². The quantitative estimate of drug-likeness (QED) is 0.401. The Hall–Kier alpha value is -4.01. The van der Waals surface area contributed by atoms with Crippen molar-refractivity contribution < 1.29 is 18.3 Å². The van der Waals surface area contributed by atoms with Crippen LogP contribution >= 0.6 is 11.3 Å². The summed E-state index contributed by atoms with van der Waals surface area (Å²) in [4.78, 5) is 24.1. The van der Waals surface area contributed by atoms with Crippen LogP contribution in [0.15, 0.2) is 55.1 Å². The van der Waals surface area contributed by atoms with E-state index in [0.29, 0.717) is 26.7 Å². The maximum atomic E-state index is 15.0. The van der Waals surface area contributed by atoms with Crippen molar-refractivity contribution in [3.8, 4) is 16.6 Å². The molecular weight excluding hydrogens is 486 g/mol. The molecule has 1 aliphatic heterocycles. The Morgan fingerprint density at radius 3 is 2.83 bits per heavy atom. The molecular formula is C25H20F2N6O2S. The molecule has 4 aromatic rings.